The Morgan fingerprint density at radius 1 is 1.12 bits per heavy atom. The Balaban J connectivity index is 2.02. The second-order valence-corrected chi connectivity index (χ2v) is 6.67. The number of halogens is 1. The van der Waals surface area contributed by atoms with E-state index in [1.807, 2.05) is 19.9 Å². The van der Waals surface area contributed by atoms with Gasteiger partial charge in [0.1, 0.15) is 11.6 Å². The number of benzene rings is 1. The van der Waals surface area contributed by atoms with E-state index in [0.29, 0.717) is 18.8 Å². The first-order valence-electron chi connectivity index (χ1n) is 8.77. The van der Waals surface area contributed by atoms with E-state index >= 15 is 0 Å². The fourth-order valence-corrected chi connectivity index (χ4v) is 2.43. The maximum absolute atomic E-state index is 13.1. The Kier molecular flexibility index (Phi) is 6.76. The number of carbonyl (C=O) groups excluding carboxylic acids is 1. The molecule has 2 rings (SSSR count). The van der Waals surface area contributed by atoms with Gasteiger partial charge in [-0.05, 0) is 57.0 Å². The van der Waals surface area contributed by atoms with Gasteiger partial charge in [0.15, 0.2) is 5.76 Å². The molecule has 4 nitrogen and oxygen atoms in total. The zero-order chi connectivity index (χ0) is 18.4. The van der Waals surface area contributed by atoms with Crippen molar-refractivity contribution < 1.29 is 13.6 Å². The van der Waals surface area contributed by atoms with Crippen LogP contribution in [0.1, 0.15) is 56.0 Å². The van der Waals surface area contributed by atoms with Crippen LogP contribution in [0.3, 0.4) is 0 Å². The van der Waals surface area contributed by atoms with Crippen molar-refractivity contribution in [1.29, 1.82) is 0 Å². The van der Waals surface area contributed by atoms with Crippen molar-refractivity contribution in [1.82, 2.24) is 10.2 Å². The molecule has 136 valence electrons. The Morgan fingerprint density at radius 3 is 2.40 bits per heavy atom. The molecule has 5 heteroatoms. The molecule has 1 amide bonds. The zero-order valence-corrected chi connectivity index (χ0v) is 15.4. The van der Waals surface area contributed by atoms with Crippen molar-refractivity contribution in [3.63, 3.8) is 0 Å². The van der Waals surface area contributed by atoms with Crippen LogP contribution >= 0.6 is 0 Å². The van der Waals surface area contributed by atoms with Crippen LogP contribution in [0, 0.1) is 5.82 Å². The molecule has 0 fully saturated rings. The average Bonchev–Trinajstić information content (AvgIpc) is 3.04. The van der Waals surface area contributed by atoms with Crippen molar-refractivity contribution >= 4 is 5.91 Å². The van der Waals surface area contributed by atoms with Gasteiger partial charge in [0, 0.05) is 18.6 Å². The molecule has 1 atom stereocenters. The molecule has 1 aromatic carbocycles. The summed E-state index contributed by atoms with van der Waals surface area (Å²) in [5, 5.41) is 2.90. The SMILES string of the molecule is CCC(C)NC(=O)c1ccc(CN(Cc2ccc(F)cc2)C(C)C)o1. The zero-order valence-electron chi connectivity index (χ0n) is 15.4. The molecular weight excluding hydrogens is 319 g/mol. The van der Waals surface area contributed by atoms with Crippen LogP contribution in [-0.4, -0.2) is 22.9 Å². The van der Waals surface area contributed by atoms with Crippen molar-refractivity contribution in [2.75, 3.05) is 0 Å². The van der Waals surface area contributed by atoms with E-state index < -0.39 is 0 Å². The molecule has 0 aliphatic rings. The molecule has 0 aliphatic heterocycles. The molecule has 0 radical (unpaired) electrons. The van der Waals surface area contributed by atoms with Crippen molar-refractivity contribution in [3.8, 4) is 0 Å². The number of rotatable bonds is 8. The lowest BCUT2D eigenvalue weighted by Crippen LogP contribution is -2.31. The predicted molar refractivity (Wildman–Crippen MR) is 96.7 cm³/mol. The van der Waals surface area contributed by atoms with E-state index in [1.165, 1.54) is 12.1 Å². The first-order chi connectivity index (χ1) is 11.9. The third-order valence-corrected chi connectivity index (χ3v) is 4.26. The molecule has 1 unspecified atom stereocenters. The van der Waals surface area contributed by atoms with Gasteiger partial charge in [-0.25, -0.2) is 4.39 Å². The van der Waals surface area contributed by atoms with Crippen LogP contribution < -0.4 is 5.32 Å². The van der Waals surface area contributed by atoms with Gasteiger partial charge < -0.3 is 9.73 Å². The smallest absolute Gasteiger partial charge is 0.287 e. The minimum absolute atomic E-state index is 0.117. The van der Waals surface area contributed by atoms with Gasteiger partial charge in [0.25, 0.3) is 5.91 Å². The van der Waals surface area contributed by atoms with Crippen molar-refractivity contribution in [2.45, 2.75) is 59.3 Å². The Labute approximate surface area is 149 Å². The fraction of sp³-hybridized carbons (Fsp3) is 0.450. The number of furan rings is 1. The molecule has 2 aromatic rings. The van der Waals surface area contributed by atoms with E-state index in [1.54, 1.807) is 18.2 Å². The van der Waals surface area contributed by atoms with E-state index in [2.05, 4.69) is 24.1 Å². The van der Waals surface area contributed by atoms with Crippen LogP contribution in [-0.2, 0) is 13.1 Å². The van der Waals surface area contributed by atoms with Crippen LogP contribution in [0.4, 0.5) is 4.39 Å². The summed E-state index contributed by atoms with van der Waals surface area (Å²) in [5.74, 6) is 0.656. The topological polar surface area (TPSA) is 45.5 Å². The summed E-state index contributed by atoms with van der Waals surface area (Å²) < 4.78 is 18.8. The summed E-state index contributed by atoms with van der Waals surface area (Å²) in [7, 11) is 0. The average molecular weight is 346 g/mol. The third kappa shape index (κ3) is 5.71. The van der Waals surface area contributed by atoms with Crippen LogP contribution in [0.15, 0.2) is 40.8 Å². The highest BCUT2D eigenvalue weighted by atomic mass is 19.1. The Hall–Kier alpha value is -2.14. The summed E-state index contributed by atoms with van der Waals surface area (Å²) in [6, 6.07) is 10.5. The first kappa shape index (κ1) is 19.2. The first-order valence-corrected chi connectivity index (χ1v) is 8.77. The molecule has 0 spiro atoms. The molecule has 1 aromatic heterocycles. The lowest BCUT2D eigenvalue weighted by Gasteiger charge is -2.25. The fourth-order valence-electron chi connectivity index (χ4n) is 2.43. The number of nitrogens with zero attached hydrogens (tertiary/aromatic N) is 1. The number of nitrogens with one attached hydrogen (secondary N) is 1. The van der Waals surface area contributed by atoms with Gasteiger partial charge in [-0.3, -0.25) is 9.69 Å². The summed E-state index contributed by atoms with van der Waals surface area (Å²) in [4.78, 5) is 14.3. The number of carbonyl (C=O) groups is 1. The number of hydrogen-bond acceptors (Lipinski definition) is 3. The Bertz CT molecular complexity index is 679. The van der Waals surface area contributed by atoms with Gasteiger partial charge in [-0.15, -0.1) is 0 Å². The van der Waals surface area contributed by atoms with Gasteiger partial charge >= 0.3 is 0 Å². The van der Waals surface area contributed by atoms with Gasteiger partial charge in [-0.2, -0.15) is 0 Å². The van der Waals surface area contributed by atoms with Crippen molar-refractivity contribution in [3.05, 3.63) is 59.3 Å². The van der Waals surface area contributed by atoms with Crippen molar-refractivity contribution in [2.24, 2.45) is 0 Å². The molecule has 0 bridgehead atoms. The van der Waals surface area contributed by atoms with E-state index in [4.69, 9.17) is 4.42 Å². The highest BCUT2D eigenvalue weighted by Crippen LogP contribution is 2.16. The summed E-state index contributed by atoms with van der Waals surface area (Å²) in [6.07, 6.45) is 0.873. The molecular formula is C20H27FN2O2. The lowest BCUT2D eigenvalue weighted by atomic mass is 10.2. The molecule has 1 heterocycles. The second-order valence-electron chi connectivity index (χ2n) is 6.67. The summed E-state index contributed by atoms with van der Waals surface area (Å²) in [5.41, 5.74) is 1.04. The van der Waals surface area contributed by atoms with E-state index in [0.717, 1.165) is 17.7 Å². The van der Waals surface area contributed by atoms with Gasteiger partial charge in [0.05, 0.1) is 6.54 Å². The molecule has 0 saturated carbocycles. The number of amides is 1. The van der Waals surface area contributed by atoms with E-state index in [-0.39, 0.29) is 23.8 Å². The lowest BCUT2D eigenvalue weighted by molar-refractivity contribution is 0.0906. The molecule has 25 heavy (non-hydrogen) atoms. The van der Waals surface area contributed by atoms with Crippen LogP contribution in [0.5, 0.6) is 0 Å². The monoisotopic (exact) mass is 346 g/mol. The van der Waals surface area contributed by atoms with E-state index in [9.17, 15) is 9.18 Å². The van der Waals surface area contributed by atoms with Gasteiger partial charge in [0.2, 0.25) is 0 Å². The molecule has 0 saturated heterocycles. The highest BCUT2D eigenvalue weighted by Gasteiger charge is 2.16. The Morgan fingerprint density at radius 2 is 1.80 bits per heavy atom. The highest BCUT2D eigenvalue weighted by molar-refractivity contribution is 5.91. The second kappa shape index (κ2) is 8.81. The van der Waals surface area contributed by atoms with Crippen LogP contribution in [0.2, 0.25) is 0 Å². The third-order valence-electron chi connectivity index (χ3n) is 4.26. The predicted octanol–water partition coefficient (Wildman–Crippen LogP) is 4.36. The summed E-state index contributed by atoms with van der Waals surface area (Å²) >= 11 is 0. The quantitative estimate of drug-likeness (QED) is 0.772. The van der Waals surface area contributed by atoms with Crippen LogP contribution in [0.25, 0.3) is 0 Å². The minimum Gasteiger partial charge on any atom is -0.455 e. The largest absolute Gasteiger partial charge is 0.455 e. The minimum atomic E-state index is -0.233. The number of hydrogen-bond donors (Lipinski definition) is 1. The molecule has 0 aliphatic carbocycles. The summed E-state index contributed by atoms with van der Waals surface area (Å²) in [6.45, 7) is 9.46. The maximum atomic E-state index is 13.1. The molecule has 1 N–H and O–H groups in total. The maximum Gasteiger partial charge on any atom is 0.287 e. The van der Waals surface area contributed by atoms with Gasteiger partial charge in [-0.1, -0.05) is 19.1 Å². The normalized spacial score (nSPS) is 12.6. The standard InChI is InChI=1S/C20H27FN2O2/c1-5-15(4)22-20(24)19-11-10-18(25-19)13-23(14(2)3)12-16-6-8-17(21)9-7-16/h6-11,14-15H,5,12-13H2,1-4H3,(H,22,24).